The summed E-state index contributed by atoms with van der Waals surface area (Å²) in [5.41, 5.74) is 0.250. The van der Waals surface area contributed by atoms with Crippen molar-refractivity contribution in [2.24, 2.45) is 0 Å². The van der Waals surface area contributed by atoms with E-state index in [1.54, 1.807) is 7.05 Å². The normalized spacial score (nSPS) is 11.4. The highest BCUT2D eigenvalue weighted by Gasteiger charge is 2.17. The van der Waals surface area contributed by atoms with Crippen LogP contribution in [-0.2, 0) is 9.59 Å². The fourth-order valence-electron chi connectivity index (χ4n) is 2.27. The third kappa shape index (κ3) is 6.83. The SMILES string of the molecule is C[NH+](CC(=O)NC(=O)Nc1ccccc1F)CC(=O)Nc1cccc(F)c1. The largest absolute Gasteiger partial charge is 0.326 e. The molecule has 0 aromatic heterocycles. The summed E-state index contributed by atoms with van der Waals surface area (Å²) in [4.78, 5) is 36.0. The van der Waals surface area contributed by atoms with Crippen molar-refractivity contribution >= 4 is 29.2 Å². The minimum atomic E-state index is -0.873. The Hall–Kier alpha value is -3.33. The van der Waals surface area contributed by atoms with Crippen LogP contribution in [0.1, 0.15) is 0 Å². The number of nitrogens with one attached hydrogen (secondary N) is 4. The number of benzene rings is 2. The topological polar surface area (TPSA) is 91.7 Å². The highest BCUT2D eigenvalue weighted by atomic mass is 19.1. The molecule has 1 atom stereocenters. The molecule has 4 amide bonds. The number of imide groups is 1. The molecule has 0 aliphatic rings. The molecule has 7 nitrogen and oxygen atoms in total. The summed E-state index contributed by atoms with van der Waals surface area (Å²) in [6, 6.07) is 10.1. The lowest BCUT2D eigenvalue weighted by Gasteiger charge is -2.13. The molecule has 1 unspecified atom stereocenters. The number of hydrogen-bond donors (Lipinski definition) is 4. The number of carbonyl (C=O) groups excluding carboxylic acids is 3. The van der Waals surface area contributed by atoms with E-state index in [1.807, 2.05) is 0 Å². The summed E-state index contributed by atoms with van der Waals surface area (Å²) in [5.74, 6) is -2.16. The standard InChI is InChI=1S/C18H18F2N4O3/c1-24(10-16(25)21-13-6-4-5-12(19)9-13)11-17(26)23-18(27)22-15-8-3-2-7-14(15)20/h2-9H,10-11H2,1H3,(H,21,25)(H2,22,23,26,27)/p+1. The Kier molecular flexibility index (Phi) is 6.95. The molecule has 0 spiro atoms. The van der Waals surface area contributed by atoms with E-state index in [0.717, 1.165) is 0 Å². The van der Waals surface area contributed by atoms with Gasteiger partial charge in [0.15, 0.2) is 13.1 Å². The maximum Gasteiger partial charge on any atom is 0.326 e. The highest BCUT2D eigenvalue weighted by Crippen LogP contribution is 2.11. The van der Waals surface area contributed by atoms with Crippen LogP contribution in [0.5, 0.6) is 0 Å². The van der Waals surface area contributed by atoms with Gasteiger partial charge in [0, 0.05) is 5.69 Å². The van der Waals surface area contributed by atoms with Gasteiger partial charge in [-0.25, -0.2) is 13.6 Å². The molecule has 0 radical (unpaired) electrons. The van der Waals surface area contributed by atoms with Gasteiger partial charge in [-0.15, -0.1) is 0 Å². The molecule has 2 rings (SSSR count). The van der Waals surface area contributed by atoms with Crippen molar-refractivity contribution < 1.29 is 28.1 Å². The molecule has 142 valence electrons. The molecular formula is C18H19F2N4O3+. The summed E-state index contributed by atoms with van der Waals surface area (Å²) in [5, 5.41) is 6.80. The van der Waals surface area contributed by atoms with Crippen molar-refractivity contribution in [3.05, 3.63) is 60.2 Å². The average Bonchev–Trinajstić information content (AvgIpc) is 2.56. The molecule has 4 N–H and O–H groups in total. The van der Waals surface area contributed by atoms with Crippen LogP contribution >= 0.6 is 0 Å². The Labute approximate surface area is 154 Å². The van der Waals surface area contributed by atoms with Gasteiger partial charge in [0.05, 0.1) is 12.7 Å². The molecule has 0 bridgehead atoms. The van der Waals surface area contributed by atoms with Gasteiger partial charge < -0.3 is 15.5 Å². The van der Waals surface area contributed by atoms with E-state index in [1.165, 1.54) is 48.5 Å². The minimum Gasteiger partial charge on any atom is -0.322 e. The van der Waals surface area contributed by atoms with Gasteiger partial charge in [-0.05, 0) is 30.3 Å². The van der Waals surface area contributed by atoms with E-state index in [9.17, 15) is 23.2 Å². The summed E-state index contributed by atoms with van der Waals surface area (Å²) in [6.45, 7) is -0.236. The first-order chi connectivity index (χ1) is 12.8. The molecule has 27 heavy (non-hydrogen) atoms. The molecule has 0 saturated heterocycles. The molecule has 0 heterocycles. The summed E-state index contributed by atoms with van der Waals surface area (Å²) < 4.78 is 26.5. The maximum atomic E-state index is 13.4. The fraction of sp³-hybridized carbons (Fsp3) is 0.167. The first-order valence-electron chi connectivity index (χ1n) is 8.05. The quantitative estimate of drug-likeness (QED) is 0.599. The van der Waals surface area contributed by atoms with Crippen LogP contribution in [0, 0.1) is 11.6 Å². The van der Waals surface area contributed by atoms with Crippen molar-refractivity contribution in [3.8, 4) is 0 Å². The van der Waals surface area contributed by atoms with Crippen LogP contribution in [0.3, 0.4) is 0 Å². The van der Waals surface area contributed by atoms with Crippen molar-refractivity contribution in [3.63, 3.8) is 0 Å². The van der Waals surface area contributed by atoms with Crippen LogP contribution in [0.2, 0.25) is 0 Å². The van der Waals surface area contributed by atoms with Gasteiger partial charge in [-0.2, -0.15) is 0 Å². The number of halogens is 2. The third-order valence-electron chi connectivity index (χ3n) is 3.41. The number of para-hydroxylation sites is 1. The lowest BCUT2D eigenvalue weighted by atomic mass is 10.3. The van der Waals surface area contributed by atoms with Gasteiger partial charge in [0.1, 0.15) is 11.6 Å². The van der Waals surface area contributed by atoms with Crippen molar-refractivity contribution in [1.29, 1.82) is 0 Å². The third-order valence-corrected chi connectivity index (χ3v) is 3.41. The first kappa shape index (κ1) is 20.0. The zero-order chi connectivity index (χ0) is 19.8. The Morgan fingerprint density at radius 3 is 2.33 bits per heavy atom. The second-order valence-electron chi connectivity index (χ2n) is 5.85. The highest BCUT2D eigenvalue weighted by molar-refractivity contribution is 6.01. The zero-order valence-electron chi connectivity index (χ0n) is 14.5. The molecule has 0 aliphatic heterocycles. The van der Waals surface area contributed by atoms with Crippen LogP contribution < -0.4 is 20.9 Å². The summed E-state index contributed by atoms with van der Waals surface area (Å²) in [6.07, 6.45) is 0. The number of anilines is 2. The van der Waals surface area contributed by atoms with Gasteiger partial charge in [-0.3, -0.25) is 14.9 Å². The van der Waals surface area contributed by atoms with Gasteiger partial charge in [0.25, 0.3) is 11.8 Å². The smallest absolute Gasteiger partial charge is 0.322 e. The molecule has 2 aromatic carbocycles. The Morgan fingerprint density at radius 2 is 1.63 bits per heavy atom. The van der Waals surface area contributed by atoms with Crippen LogP contribution in [0.25, 0.3) is 0 Å². The number of amides is 4. The van der Waals surface area contributed by atoms with E-state index < -0.39 is 29.5 Å². The second kappa shape index (κ2) is 9.39. The minimum absolute atomic E-state index is 0.0574. The van der Waals surface area contributed by atoms with E-state index in [-0.39, 0.29) is 18.8 Å². The van der Waals surface area contributed by atoms with Gasteiger partial charge >= 0.3 is 6.03 Å². The number of urea groups is 1. The monoisotopic (exact) mass is 377 g/mol. The van der Waals surface area contributed by atoms with Crippen molar-refractivity contribution in [1.82, 2.24) is 5.32 Å². The predicted octanol–water partition coefficient (Wildman–Crippen LogP) is 0.766. The number of quaternary nitrogens is 1. The Balaban J connectivity index is 1.76. The van der Waals surface area contributed by atoms with Gasteiger partial charge in [0.2, 0.25) is 0 Å². The second-order valence-corrected chi connectivity index (χ2v) is 5.85. The zero-order valence-corrected chi connectivity index (χ0v) is 14.5. The van der Waals surface area contributed by atoms with Crippen LogP contribution in [-0.4, -0.2) is 38.0 Å². The fourth-order valence-corrected chi connectivity index (χ4v) is 2.27. The molecule has 0 fully saturated rings. The van der Waals surface area contributed by atoms with Gasteiger partial charge in [-0.1, -0.05) is 18.2 Å². The number of carbonyl (C=O) groups is 3. The maximum absolute atomic E-state index is 13.4. The molecule has 2 aromatic rings. The first-order valence-corrected chi connectivity index (χ1v) is 8.05. The Bertz CT molecular complexity index is 845. The predicted molar refractivity (Wildman–Crippen MR) is 95.2 cm³/mol. The van der Waals surface area contributed by atoms with Crippen LogP contribution in [0.4, 0.5) is 25.0 Å². The summed E-state index contributed by atoms with van der Waals surface area (Å²) >= 11 is 0. The van der Waals surface area contributed by atoms with E-state index >= 15 is 0 Å². The van der Waals surface area contributed by atoms with Crippen molar-refractivity contribution in [2.75, 3.05) is 30.8 Å². The Morgan fingerprint density at radius 1 is 0.926 bits per heavy atom. The molecule has 0 aliphatic carbocycles. The number of likely N-dealkylation sites (N-methyl/N-ethyl adjacent to an activating group) is 1. The lowest BCUT2D eigenvalue weighted by molar-refractivity contribution is -0.862. The molecular weight excluding hydrogens is 358 g/mol. The molecule has 9 heteroatoms. The van der Waals surface area contributed by atoms with Crippen LogP contribution in [0.15, 0.2) is 48.5 Å². The van der Waals surface area contributed by atoms with E-state index in [4.69, 9.17) is 0 Å². The van der Waals surface area contributed by atoms with E-state index in [2.05, 4.69) is 16.0 Å². The lowest BCUT2D eigenvalue weighted by Crippen LogP contribution is -3.11. The van der Waals surface area contributed by atoms with Crippen molar-refractivity contribution in [2.45, 2.75) is 0 Å². The summed E-state index contributed by atoms with van der Waals surface area (Å²) in [7, 11) is 1.58. The van der Waals surface area contributed by atoms with E-state index in [0.29, 0.717) is 10.6 Å². The number of hydrogen-bond acceptors (Lipinski definition) is 3. The number of rotatable bonds is 6. The molecule has 0 saturated carbocycles. The average molecular weight is 377 g/mol.